The highest BCUT2D eigenvalue weighted by atomic mass is 16.5. The summed E-state index contributed by atoms with van der Waals surface area (Å²) in [5, 5.41) is 11.1. The monoisotopic (exact) mass is 341 g/mol. The number of rotatable bonds is 7. The van der Waals surface area contributed by atoms with Crippen molar-refractivity contribution in [2.45, 2.75) is 25.9 Å². The lowest BCUT2D eigenvalue weighted by molar-refractivity contribution is 0.117. The number of fused-ring (bicyclic) bond motifs is 1. The predicted molar refractivity (Wildman–Crippen MR) is 103 cm³/mol. The Kier molecular flexibility index (Phi) is 6.45. The number of ether oxygens (including phenoxy) is 1. The Bertz CT molecular complexity index is 697. The number of hydrogen-bond acceptors (Lipinski definition) is 4. The van der Waals surface area contributed by atoms with Crippen LogP contribution >= 0.6 is 0 Å². The third-order valence-electron chi connectivity index (χ3n) is 4.14. The lowest BCUT2D eigenvalue weighted by Gasteiger charge is -2.13. The summed E-state index contributed by atoms with van der Waals surface area (Å²) in [6, 6.07) is 12.2. The molecule has 0 amide bonds. The highest BCUT2D eigenvalue weighted by Crippen LogP contribution is 2.14. The average Bonchev–Trinajstić information content (AvgIpc) is 3.16. The van der Waals surface area contributed by atoms with Crippen molar-refractivity contribution in [3.63, 3.8) is 0 Å². The normalized spacial score (nSPS) is 17.6. The minimum absolute atomic E-state index is 0.274. The molecule has 2 aromatic rings. The molecular formula is C19H27N5O. The van der Waals surface area contributed by atoms with Crippen LogP contribution in [0.1, 0.15) is 19.8 Å². The molecule has 25 heavy (non-hydrogen) atoms. The third-order valence-corrected chi connectivity index (χ3v) is 4.14. The summed E-state index contributed by atoms with van der Waals surface area (Å²) in [6.07, 6.45) is 2.53. The Labute approximate surface area is 149 Å². The molecule has 2 heterocycles. The molecule has 0 saturated carbocycles. The minimum Gasteiger partial charge on any atom is -0.376 e. The lowest BCUT2D eigenvalue weighted by atomic mass is 10.2. The number of para-hydroxylation sites is 1. The zero-order valence-electron chi connectivity index (χ0n) is 14.8. The maximum Gasteiger partial charge on any atom is 0.191 e. The molecule has 1 aliphatic rings. The molecule has 1 fully saturated rings. The van der Waals surface area contributed by atoms with Crippen molar-refractivity contribution in [2.24, 2.45) is 4.99 Å². The van der Waals surface area contributed by atoms with Gasteiger partial charge in [-0.25, -0.2) is 4.98 Å². The van der Waals surface area contributed by atoms with Crippen molar-refractivity contribution in [3.05, 3.63) is 36.4 Å². The summed E-state index contributed by atoms with van der Waals surface area (Å²) >= 11 is 0. The van der Waals surface area contributed by atoms with E-state index in [4.69, 9.17) is 4.74 Å². The Morgan fingerprint density at radius 3 is 2.96 bits per heavy atom. The van der Waals surface area contributed by atoms with E-state index in [1.54, 1.807) is 0 Å². The van der Waals surface area contributed by atoms with E-state index in [0.717, 1.165) is 68.3 Å². The molecule has 134 valence electrons. The Balaban J connectivity index is 1.45. The summed E-state index contributed by atoms with van der Waals surface area (Å²) in [7, 11) is 0. The third kappa shape index (κ3) is 5.32. The fourth-order valence-electron chi connectivity index (χ4n) is 2.86. The number of pyridine rings is 1. The maximum atomic E-state index is 5.62. The van der Waals surface area contributed by atoms with E-state index < -0.39 is 0 Å². The fourth-order valence-corrected chi connectivity index (χ4v) is 2.86. The van der Waals surface area contributed by atoms with Gasteiger partial charge in [-0.05, 0) is 38.0 Å². The largest absolute Gasteiger partial charge is 0.376 e. The van der Waals surface area contributed by atoms with Gasteiger partial charge in [-0.3, -0.25) is 4.99 Å². The Morgan fingerprint density at radius 2 is 2.12 bits per heavy atom. The van der Waals surface area contributed by atoms with Crippen LogP contribution in [0.5, 0.6) is 0 Å². The minimum atomic E-state index is 0.274. The number of nitrogens with zero attached hydrogens (tertiary/aromatic N) is 2. The molecule has 1 unspecified atom stereocenters. The number of nitrogens with one attached hydrogen (secondary N) is 3. The van der Waals surface area contributed by atoms with Gasteiger partial charge < -0.3 is 20.7 Å². The summed E-state index contributed by atoms with van der Waals surface area (Å²) < 4.78 is 5.62. The smallest absolute Gasteiger partial charge is 0.191 e. The van der Waals surface area contributed by atoms with Gasteiger partial charge in [0.2, 0.25) is 0 Å². The number of benzene rings is 1. The zero-order valence-corrected chi connectivity index (χ0v) is 14.8. The van der Waals surface area contributed by atoms with E-state index >= 15 is 0 Å². The second-order valence-electron chi connectivity index (χ2n) is 6.10. The van der Waals surface area contributed by atoms with Gasteiger partial charge in [0.1, 0.15) is 5.82 Å². The predicted octanol–water partition coefficient (Wildman–Crippen LogP) is 2.38. The fraction of sp³-hybridized carbons (Fsp3) is 0.474. The first kappa shape index (κ1) is 17.5. The number of guanidine groups is 1. The molecule has 1 aromatic carbocycles. The van der Waals surface area contributed by atoms with Crippen LogP contribution in [0.15, 0.2) is 41.4 Å². The highest BCUT2D eigenvalue weighted by Gasteiger charge is 2.14. The topological polar surface area (TPSA) is 70.6 Å². The van der Waals surface area contributed by atoms with Gasteiger partial charge in [-0.15, -0.1) is 0 Å². The highest BCUT2D eigenvalue weighted by molar-refractivity contribution is 5.80. The van der Waals surface area contributed by atoms with Gasteiger partial charge in [0.25, 0.3) is 0 Å². The molecule has 1 aliphatic heterocycles. The first-order valence-electron chi connectivity index (χ1n) is 9.08. The van der Waals surface area contributed by atoms with Crippen LogP contribution < -0.4 is 16.0 Å². The Morgan fingerprint density at radius 1 is 1.20 bits per heavy atom. The van der Waals surface area contributed by atoms with E-state index in [9.17, 15) is 0 Å². The summed E-state index contributed by atoms with van der Waals surface area (Å²) in [6.45, 7) is 6.04. The molecule has 6 nitrogen and oxygen atoms in total. The van der Waals surface area contributed by atoms with E-state index in [-0.39, 0.29) is 6.10 Å². The first-order valence-corrected chi connectivity index (χ1v) is 9.08. The SMILES string of the molecule is CCNC(=NCC1CCCO1)NCCNc1ccc2ccccc2n1. The van der Waals surface area contributed by atoms with Crippen LogP contribution in [-0.4, -0.2) is 49.8 Å². The molecule has 1 aromatic heterocycles. The lowest BCUT2D eigenvalue weighted by Crippen LogP contribution is -2.40. The van der Waals surface area contributed by atoms with Gasteiger partial charge in [0.15, 0.2) is 5.96 Å². The molecule has 1 atom stereocenters. The van der Waals surface area contributed by atoms with Crippen LogP contribution in [0, 0.1) is 0 Å². The van der Waals surface area contributed by atoms with Crippen LogP contribution in [-0.2, 0) is 4.74 Å². The van der Waals surface area contributed by atoms with Crippen LogP contribution in [0.2, 0.25) is 0 Å². The first-order chi connectivity index (χ1) is 12.3. The van der Waals surface area contributed by atoms with Gasteiger partial charge >= 0.3 is 0 Å². The zero-order chi connectivity index (χ0) is 17.3. The van der Waals surface area contributed by atoms with Crippen molar-refractivity contribution < 1.29 is 4.74 Å². The van der Waals surface area contributed by atoms with E-state index in [1.807, 2.05) is 24.3 Å². The van der Waals surface area contributed by atoms with Crippen molar-refractivity contribution in [3.8, 4) is 0 Å². The molecule has 3 rings (SSSR count). The van der Waals surface area contributed by atoms with Crippen LogP contribution in [0.25, 0.3) is 10.9 Å². The van der Waals surface area contributed by atoms with E-state index in [0.29, 0.717) is 0 Å². The molecule has 1 saturated heterocycles. The summed E-state index contributed by atoms with van der Waals surface area (Å²) in [4.78, 5) is 9.22. The average molecular weight is 341 g/mol. The molecule has 3 N–H and O–H groups in total. The number of hydrogen-bond donors (Lipinski definition) is 3. The van der Waals surface area contributed by atoms with E-state index in [2.05, 4.69) is 45.0 Å². The van der Waals surface area contributed by atoms with Crippen molar-refractivity contribution in [2.75, 3.05) is 38.1 Å². The molecule has 0 aliphatic carbocycles. The molecule has 0 bridgehead atoms. The summed E-state index contributed by atoms with van der Waals surface area (Å²) in [5.41, 5.74) is 1.01. The van der Waals surface area contributed by atoms with Crippen molar-refractivity contribution >= 4 is 22.7 Å². The molecule has 0 radical (unpaired) electrons. The van der Waals surface area contributed by atoms with Gasteiger partial charge in [-0.2, -0.15) is 0 Å². The Hall–Kier alpha value is -2.34. The maximum absolute atomic E-state index is 5.62. The number of aliphatic imine (C=N–C) groups is 1. The van der Waals surface area contributed by atoms with Gasteiger partial charge in [-0.1, -0.05) is 18.2 Å². The van der Waals surface area contributed by atoms with Crippen molar-refractivity contribution in [1.29, 1.82) is 0 Å². The molecular weight excluding hydrogens is 314 g/mol. The second-order valence-corrected chi connectivity index (χ2v) is 6.10. The number of anilines is 1. The summed E-state index contributed by atoms with van der Waals surface area (Å²) in [5.74, 6) is 1.73. The number of aromatic nitrogens is 1. The second kappa shape index (κ2) is 9.22. The standard InChI is InChI=1S/C19H27N5O/c1-2-20-19(23-14-16-7-5-13-25-16)22-12-11-21-18-10-9-15-6-3-4-8-17(15)24-18/h3-4,6,8-10,16H,2,5,7,11-14H2,1H3,(H,21,24)(H2,20,22,23). The molecule has 6 heteroatoms. The van der Waals surface area contributed by atoms with Gasteiger partial charge in [0, 0.05) is 31.6 Å². The van der Waals surface area contributed by atoms with Gasteiger partial charge in [0.05, 0.1) is 18.2 Å². The molecule has 0 spiro atoms. The van der Waals surface area contributed by atoms with E-state index in [1.165, 1.54) is 0 Å². The quantitative estimate of drug-likeness (QED) is 0.410. The van der Waals surface area contributed by atoms with Crippen molar-refractivity contribution in [1.82, 2.24) is 15.6 Å². The van der Waals surface area contributed by atoms with Crippen LogP contribution in [0.4, 0.5) is 5.82 Å². The van der Waals surface area contributed by atoms with Crippen LogP contribution in [0.3, 0.4) is 0 Å².